The maximum atomic E-state index is 5.84. The second kappa shape index (κ2) is 9.00. The highest BCUT2D eigenvalue weighted by Crippen LogP contribution is 2.39. The highest BCUT2D eigenvalue weighted by Gasteiger charge is 2.25. The lowest BCUT2D eigenvalue weighted by molar-refractivity contribution is 0.286. The molecule has 5 heteroatoms. The summed E-state index contributed by atoms with van der Waals surface area (Å²) in [6.45, 7) is 8.70. The summed E-state index contributed by atoms with van der Waals surface area (Å²) < 4.78 is 22.8. The molecule has 0 spiro atoms. The monoisotopic (exact) mass is 371 g/mol. The Kier molecular flexibility index (Phi) is 6.45. The number of methoxy groups -OCH3 is 1. The fourth-order valence-corrected chi connectivity index (χ4v) is 3.54. The van der Waals surface area contributed by atoms with Crippen LogP contribution in [0.15, 0.2) is 30.3 Å². The summed E-state index contributed by atoms with van der Waals surface area (Å²) in [5, 5.41) is 3.62. The van der Waals surface area contributed by atoms with E-state index in [1.54, 1.807) is 7.11 Å². The summed E-state index contributed by atoms with van der Waals surface area (Å²) in [7, 11) is 1.67. The van der Waals surface area contributed by atoms with Crippen LogP contribution in [0.2, 0.25) is 0 Å². The summed E-state index contributed by atoms with van der Waals surface area (Å²) >= 11 is 0. The molecule has 0 radical (unpaired) electrons. The van der Waals surface area contributed by atoms with E-state index in [0.717, 1.165) is 41.5 Å². The third kappa shape index (κ3) is 4.14. The van der Waals surface area contributed by atoms with Crippen LogP contribution in [-0.2, 0) is 6.42 Å². The first kappa shape index (κ1) is 19.4. The molecule has 0 aliphatic carbocycles. The highest BCUT2D eigenvalue weighted by molar-refractivity contribution is 5.53. The van der Waals surface area contributed by atoms with Gasteiger partial charge in [0.2, 0.25) is 0 Å². The molecule has 1 aliphatic rings. The molecule has 3 rings (SSSR count). The molecular formula is C22H29NO4. The zero-order valence-corrected chi connectivity index (χ0v) is 16.6. The van der Waals surface area contributed by atoms with Gasteiger partial charge in [0, 0.05) is 6.54 Å². The number of rotatable bonds is 8. The van der Waals surface area contributed by atoms with E-state index >= 15 is 0 Å². The van der Waals surface area contributed by atoms with Crippen LogP contribution in [-0.4, -0.2) is 33.5 Å². The van der Waals surface area contributed by atoms with E-state index in [1.165, 1.54) is 11.1 Å². The van der Waals surface area contributed by atoms with Crippen LogP contribution < -0.4 is 24.3 Å². The van der Waals surface area contributed by atoms with Gasteiger partial charge in [-0.25, -0.2) is 0 Å². The van der Waals surface area contributed by atoms with Crippen LogP contribution in [0.1, 0.15) is 43.5 Å². The van der Waals surface area contributed by atoms with Crippen molar-refractivity contribution in [1.82, 2.24) is 5.32 Å². The van der Waals surface area contributed by atoms with Gasteiger partial charge in [0.25, 0.3) is 0 Å². The first-order valence-corrected chi connectivity index (χ1v) is 9.68. The quantitative estimate of drug-likeness (QED) is 0.756. The smallest absolute Gasteiger partial charge is 0.161 e. The maximum absolute atomic E-state index is 5.84. The molecule has 0 unspecified atom stereocenters. The predicted octanol–water partition coefficient (Wildman–Crippen LogP) is 4.13. The third-order valence-electron chi connectivity index (χ3n) is 4.68. The summed E-state index contributed by atoms with van der Waals surface area (Å²) in [6.07, 6.45) is 0.965. The number of fused-ring (bicyclic) bond motifs is 1. The van der Waals surface area contributed by atoms with Gasteiger partial charge in [-0.3, -0.25) is 0 Å². The summed E-state index contributed by atoms with van der Waals surface area (Å²) in [6, 6.07) is 10.4. The number of nitrogens with one attached hydrogen (secondary N) is 1. The summed E-state index contributed by atoms with van der Waals surface area (Å²) in [4.78, 5) is 0. The van der Waals surface area contributed by atoms with Crippen LogP contribution in [0.4, 0.5) is 0 Å². The van der Waals surface area contributed by atoms with Gasteiger partial charge in [0.1, 0.15) is 0 Å². The SMILES string of the molecule is CCOc1ccc([C@@H]2NCCc3cc(OCC)c(OCC)cc32)cc1OC. The summed E-state index contributed by atoms with van der Waals surface area (Å²) in [5.74, 6) is 3.13. The lowest BCUT2D eigenvalue weighted by Gasteiger charge is -2.29. The van der Waals surface area contributed by atoms with Crippen LogP contribution >= 0.6 is 0 Å². The molecule has 146 valence electrons. The van der Waals surface area contributed by atoms with Gasteiger partial charge >= 0.3 is 0 Å². The van der Waals surface area contributed by atoms with Crippen LogP contribution in [0.3, 0.4) is 0 Å². The zero-order valence-electron chi connectivity index (χ0n) is 16.6. The second-order valence-electron chi connectivity index (χ2n) is 6.34. The highest BCUT2D eigenvalue weighted by atomic mass is 16.5. The van der Waals surface area contributed by atoms with E-state index in [9.17, 15) is 0 Å². The zero-order chi connectivity index (χ0) is 19.2. The van der Waals surface area contributed by atoms with Gasteiger partial charge in [0.05, 0.1) is 33.0 Å². The fourth-order valence-electron chi connectivity index (χ4n) is 3.54. The van der Waals surface area contributed by atoms with E-state index in [0.29, 0.717) is 19.8 Å². The molecule has 0 bridgehead atoms. The Morgan fingerprint density at radius 3 is 2.19 bits per heavy atom. The minimum atomic E-state index is 0.0770. The molecular weight excluding hydrogens is 342 g/mol. The molecule has 1 N–H and O–H groups in total. The van der Waals surface area contributed by atoms with Gasteiger partial charge in [-0.1, -0.05) is 6.07 Å². The Morgan fingerprint density at radius 1 is 0.852 bits per heavy atom. The standard InChI is InChI=1S/C22H29NO4/c1-5-25-18-9-8-16(13-19(18)24-4)22-17-14-21(27-7-3)20(26-6-2)12-15(17)10-11-23-22/h8-9,12-14,22-23H,5-7,10-11H2,1-4H3/t22-/m0/s1. The average Bonchev–Trinajstić information content (AvgIpc) is 2.69. The van der Waals surface area contributed by atoms with E-state index in [-0.39, 0.29) is 6.04 Å². The van der Waals surface area contributed by atoms with Crippen LogP contribution in [0, 0.1) is 0 Å². The Labute approximate surface area is 161 Å². The van der Waals surface area contributed by atoms with Crippen molar-refractivity contribution >= 4 is 0 Å². The average molecular weight is 371 g/mol. The Hall–Kier alpha value is -2.40. The Morgan fingerprint density at radius 2 is 1.52 bits per heavy atom. The van der Waals surface area contributed by atoms with Crippen molar-refractivity contribution in [2.24, 2.45) is 0 Å². The Balaban J connectivity index is 2.01. The minimum absolute atomic E-state index is 0.0770. The molecule has 1 aliphatic heterocycles. The minimum Gasteiger partial charge on any atom is -0.493 e. The van der Waals surface area contributed by atoms with Gasteiger partial charge in [-0.15, -0.1) is 0 Å². The molecule has 1 atom stereocenters. The lowest BCUT2D eigenvalue weighted by Crippen LogP contribution is -2.30. The number of hydrogen-bond donors (Lipinski definition) is 1. The van der Waals surface area contributed by atoms with Crippen molar-refractivity contribution in [1.29, 1.82) is 0 Å². The van der Waals surface area contributed by atoms with Crippen molar-refractivity contribution in [2.45, 2.75) is 33.2 Å². The van der Waals surface area contributed by atoms with Crippen molar-refractivity contribution in [2.75, 3.05) is 33.5 Å². The molecule has 0 saturated carbocycles. The van der Waals surface area contributed by atoms with Gasteiger partial charge in [0.15, 0.2) is 23.0 Å². The van der Waals surface area contributed by atoms with E-state index in [1.807, 2.05) is 26.8 Å². The molecule has 0 amide bonds. The van der Waals surface area contributed by atoms with Gasteiger partial charge in [-0.2, -0.15) is 0 Å². The van der Waals surface area contributed by atoms with Crippen molar-refractivity contribution in [3.8, 4) is 23.0 Å². The molecule has 2 aromatic rings. The van der Waals surface area contributed by atoms with E-state index < -0.39 is 0 Å². The molecule has 27 heavy (non-hydrogen) atoms. The number of ether oxygens (including phenoxy) is 4. The van der Waals surface area contributed by atoms with E-state index in [2.05, 4.69) is 29.6 Å². The second-order valence-corrected chi connectivity index (χ2v) is 6.34. The topological polar surface area (TPSA) is 49.0 Å². The van der Waals surface area contributed by atoms with Crippen molar-refractivity contribution in [3.63, 3.8) is 0 Å². The molecule has 0 saturated heterocycles. The first-order valence-electron chi connectivity index (χ1n) is 9.68. The first-order chi connectivity index (χ1) is 13.2. The molecule has 5 nitrogen and oxygen atoms in total. The summed E-state index contributed by atoms with van der Waals surface area (Å²) in [5.41, 5.74) is 3.65. The lowest BCUT2D eigenvalue weighted by atomic mass is 9.89. The van der Waals surface area contributed by atoms with Crippen LogP contribution in [0.25, 0.3) is 0 Å². The third-order valence-corrected chi connectivity index (χ3v) is 4.68. The van der Waals surface area contributed by atoms with Crippen molar-refractivity contribution < 1.29 is 18.9 Å². The normalized spacial score (nSPS) is 15.8. The molecule has 2 aromatic carbocycles. The predicted molar refractivity (Wildman–Crippen MR) is 106 cm³/mol. The van der Waals surface area contributed by atoms with Gasteiger partial charge < -0.3 is 24.3 Å². The van der Waals surface area contributed by atoms with Crippen molar-refractivity contribution in [3.05, 3.63) is 47.0 Å². The maximum Gasteiger partial charge on any atom is 0.161 e. The number of hydrogen-bond acceptors (Lipinski definition) is 5. The van der Waals surface area contributed by atoms with Gasteiger partial charge in [-0.05, 0) is 68.1 Å². The molecule has 1 heterocycles. The molecule has 0 fully saturated rings. The Bertz CT molecular complexity index is 775. The largest absolute Gasteiger partial charge is 0.493 e. The number of benzene rings is 2. The molecule has 0 aromatic heterocycles. The fraction of sp³-hybridized carbons (Fsp3) is 0.455. The van der Waals surface area contributed by atoms with E-state index in [4.69, 9.17) is 18.9 Å². The van der Waals surface area contributed by atoms with Crippen LogP contribution in [0.5, 0.6) is 23.0 Å².